The molecule has 1 unspecified atom stereocenters. The molecule has 0 radical (unpaired) electrons. The zero-order chi connectivity index (χ0) is 28.1. The number of hydrazine groups is 1. The highest BCUT2D eigenvalue weighted by molar-refractivity contribution is 5.59. The van der Waals surface area contributed by atoms with Gasteiger partial charge in [-0.15, -0.1) is 0 Å². The number of nitrogens with zero attached hydrogens (tertiary/aromatic N) is 7. The Morgan fingerprint density at radius 1 is 0.975 bits per heavy atom. The lowest BCUT2D eigenvalue weighted by atomic mass is 9.96. The Kier molecular flexibility index (Phi) is 6.75. The van der Waals surface area contributed by atoms with Crippen molar-refractivity contribution < 1.29 is 13.2 Å². The van der Waals surface area contributed by atoms with Crippen molar-refractivity contribution in [1.82, 2.24) is 45.1 Å². The highest BCUT2D eigenvalue weighted by Gasteiger charge is 2.36. The third kappa shape index (κ3) is 5.28. The van der Waals surface area contributed by atoms with Gasteiger partial charge in [-0.1, -0.05) is 20.8 Å². The Morgan fingerprint density at radius 2 is 1.77 bits per heavy atom. The maximum Gasteiger partial charge on any atom is 0.417 e. The van der Waals surface area contributed by atoms with E-state index >= 15 is 0 Å². The van der Waals surface area contributed by atoms with Crippen molar-refractivity contribution >= 4 is 11.5 Å². The zero-order valence-electron chi connectivity index (χ0n) is 22.7. The monoisotopic (exact) mass is 554 g/mol. The van der Waals surface area contributed by atoms with Gasteiger partial charge in [0, 0.05) is 80.9 Å². The molecule has 10 nitrogen and oxygen atoms in total. The maximum absolute atomic E-state index is 13.4. The van der Waals surface area contributed by atoms with Gasteiger partial charge in [-0.25, -0.2) is 19.9 Å². The maximum atomic E-state index is 13.4. The lowest BCUT2D eigenvalue weighted by molar-refractivity contribution is -0.137. The predicted octanol–water partition coefficient (Wildman–Crippen LogP) is 3.25. The molecule has 0 bridgehead atoms. The Morgan fingerprint density at radius 3 is 2.50 bits per heavy atom. The van der Waals surface area contributed by atoms with Crippen LogP contribution in [0.15, 0.2) is 43.0 Å². The number of alkyl halides is 3. The van der Waals surface area contributed by atoms with E-state index in [2.05, 4.69) is 61.4 Å². The van der Waals surface area contributed by atoms with Crippen molar-refractivity contribution in [3.05, 3.63) is 60.1 Å². The van der Waals surface area contributed by atoms with Crippen LogP contribution < -0.4 is 15.8 Å². The van der Waals surface area contributed by atoms with Gasteiger partial charge in [0.1, 0.15) is 23.0 Å². The topological polar surface area (TPSA) is 102 Å². The second kappa shape index (κ2) is 10.1. The minimum absolute atomic E-state index is 0.0461. The zero-order valence-corrected chi connectivity index (χ0v) is 22.7. The largest absolute Gasteiger partial charge is 0.417 e. The van der Waals surface area contributed by atoms with E-state index in [1.807, 2.05) is 12.3 Å². The van der Waals surface area contributed by atoms with Gasteiger partial charge < -0.3 is 9.88 Å². The smallest absolute Gasteiger partial charge is 0.354 e. The van der Waals surface area contributed by atoms with Crippen LogP contribution in [0.1, 0.15) is 37.9 Å². The molecule has 2 aliphatic rings. The normalized spacial score (nSPS) is 19.6. The van der Waals surface area contributed by atoms with Crippen LogP contribution in [0.25, 0.3) is 17.2 Å². The second-order valence-electron chi connectivity index (χ2n) is 11.5. The summed E-state index contributed by atoms with van der Waals surface area (Å²) in [5.74, 6) is 2.45. The number of hydrogen-bond acceptors (Lipinski definition) is 8. The first kappa shape index (κ1) is 26.7. The van der Waals surface area contributed by atoms with Gasteiger partial charge in [-0.3, -0.25) is 20.2 Å². The fraction of sp³-hybridized carbons (Fsp3) is 0.481. The summed E-state index contributed by atoms with van der Waals surface area (Å²) in [6, 6.07) is 4.49. The number of imidazole rings is 2. The van der Waals surface area contributed by atoms with Crippen LogP contribution in [0.2, 0.25) is 0 Å². The summed E-state index contributed by atoms with van der Waals surface area (Å²) in [6.07, 6.45) is 1.70. The van der Waals surface area contributed by atoms with E-state index in [1.54, 1.807) is 6.20 Å². The molecule has 3 N–H and O–H groups in total. The molecule has 6 heterocycles. The summed E-state index contributed by atoms with van der Waals surface area (Å²) in [4.78, 5) is 26.3. The van der Waals surface area contributed by atoms with Gasteiger partial charge in [0.05, 0.1) is 11.8 Å². The Hall–Kier alpha value is -3.55. The average molecular weight is 555 g/mol. The highest BCUT2D eigenvalue weighted by atomic mass is 19.4. The lowest BCUT2D eigenvalue weighted by Crippen LogP contribution is -2.56. The first-order valence-corrected chi connectivity index (χ1v) is 13.4. The summed E-state index contributed by atoms with van der Waals surface area (Å²) >= 11 is 0. The number of aromatic amines is 1. The molecule has 0 spiro atoms. The van der Waals surface area contributed by atoms with Crippen LogP contribution >= 0.6 is 0 Å². The highest BCUT2D eigenvalue weighted by Crippen LogP contribution is 2.31. The standard InChI is InChI=1S/C27H33F3N10/c1-26(2,3)25-33-12-19(36-25)15-38-8-9-39(16-21(38)17-10-34-35-11-17)23-6-7-31-24(37-23)20-13-32-22-5-4-18(14-40(20)22)27(28,29)30/h4-7,12-14,17,21,34-35H,8-11,15-16H2,1-3H3,(H,33,36). The molecule has 4 aromatic rings. The number of fused-ring (bicyclic) bond motifs is 1. The summed E-state index contributed by atoms with van der Waals surface area (Å²) in [6.45, 7) is 11.3. The van der Waals surface area contributed by atoms with Gasteiger partial charge in [0.15, 0.2) is 5.82 Å². The molecule has 2 fully saturated rings. The van der Waals surface area contributed by atoms with Crippen molar-refractivity contribution in [3.63, 3.8) is 0 Å². The number of piperazine rings is 1. The van der Waals surface area contributed by atoms with Crippen molar-refractivity contribution in [3.8, 4) is 11.5 Å². The molecular weight excluding hydrogens is 521 g/mol. The molecule has 4 aromatic heterocycles. The van der Waals surface area contributed by atoms with E-state index < -0.39 is 11.7 Å². The van der Waals surface area contributed by atoms with E-state index in [9.17, 15) is 13.2 Å². The number of rotatable bonds is 5. The SMILES string of the molecule is CC(C)(C)c1ncc(CN2CCN(c3ccnc(-c4cnc5ccc(C(F)(F)F)cn45)n3)CC2C2CNNC2)[nH]1. The van der Waals surface area contributed by atoms with Crippen molar-refractivity contribution in [2.75, 3.05) is 37.6 Å². The van der Waals surface area contributed by atoms with Gasteiger partial charge in [-0.2, -0.15) is 13.2 Å². The third-order valence-corrected chi connectivity index (χ3v) is 7.67. The molecule has 13 heteroatoms. The molecule has 2 aliphatic heterocycles. The van der Waals surface area contributed by atoms with Crippen LogP contribution in [-0.2, 0) is 18.1 Å². The van der Waals surface area contributed by atoms with Crippen LogP contribution in [0, 0.1) is 5.92 Å². The number of hydrogen-bond donors (Lipinski definition) is 3. The van der Waals surface area contributed by atoms with Crippen LogP contribution in [0.4, 0.5) is 19.0 Å². The molecule has 212 valence electrons. The summed E-state index contributed by atoms with van der Waals surface area (Å²) in [7, 11) is 0. The van der Waals surface area contributed by atoms with Gasteiger partial charge in [0.2, 0.25) is 0 Å². The van der Waals surface area contributed by atoms with Gasteiger partial charge in [-0.05, 0) is 18.2 Å². The van der Waals surface area contributed by atoms with E-state index in [0.717, 1.165) is 68.9 Å². The van der Waals surface area contributed by atoms with Crippen LogP contribution in [0.5, 0.6) is 0 Å². The van der Waals surface area contributed by atoms with Crippen molar-refractivity contribution in [2.24, 2.45) is 5.92 Å². The number of pyridine rings is 1. The Labute approximate surface area is 230 Å². The Bertz CT molecular complexity index is 1480. The number of nitrogens with one attached hydrogen (secondary N) is 3. The van der Waals surface area contributed by atoms with E-state index in [4.69, 9.17) is 4.98 Å². The van der Waals surface area contributed by atoms with E-state index in [0.29, 0.717) is 23.1 Å². The van der Waals surface area contributed by atoms with E-state index in [-0.39, 0.29) is 11.5 Å². The lowest BCUT2D eigenvalue weighted by Gasteiger charge is -2.44. The fourth-order valence-corrected chi connectivity index (χ4v) is 5.45. The Balaban J connectivity index is 1.25. The van der Waals surface area contributed by atoms with E-state index in [1.165, 1.54) is 16.7 Å². The first-order valence-electron chi connectivity index (χ1n) is 13.4. The molecule has 1 atom stereocenters. The second-order valence-corrected chi connectivity index (χ2v) is 11.5. The number of halogens is 3. The number of anilines is 1. The first-order chi connectivity index (χ1) is 19.1. The molecular formula is C27H33F3N10. The third-order valence-electron chi connectivity index (χ3n) is 7.67. The molecule has 0 amide bonds. The summed E-state index contributed by atoms with van der Waals surface area (Å²) < 4.78 is 41.5. The fourth-order valence-electron chi connectivity index (χ4n) is 5.45. The summed E-state index contributed by atoms with van der Waals surface area (Å²) in [5, 5.41) is 0. The minimum atomic E-state index is -4.46. The molecule has 2 saturated heterocycles. The minimum Gasteiger partial charge on any atom is -0.354 e. The van der Waals surface area contributed by atoms with Gasteiger partial charge in [0.25, 0.3) is 0 Å². The van der Waals surface area contributed by atoms with Gasteiger partial charge >= 0.3 is 6.18 Å². The predicted molar refractivity (Wildman–Crippen MR) is 144 cm³/mol. The molecule has 0 saturated carbocycles. The molecule has 0 aliphatic carbocycles. The number of aromatic nitrogens is 6. The van der Waals surface area contributed by atoms with Crippen LogP contribution in [-0.4, -0.2) is 73.0 Å². The molecule has 0 aromatic carbocycles. The van der Waals surface area contributed by atoms with Crippen LogP contribution in [0.3, 0.4) is 0 Å². The average Bonchev–Trinajstić information content (AvgIpc) is 3.69. The quantitative estimate of drug-likeness (QED) is 0.346. The number of H-pyrrole nitrogens is 1. The summed E-state index contributed by atoms with van der Waals surface area (Å²) in [5.41, 5.74) is 7.64. The molecule has 6 rings (SSSR count). The molecule has 40 heavy (non-hydrogen) atoms. The van der Waals surface area contributed by atoms with Crippen molar-refractivity contribution in [1.29, 1.82) is 0 Å². The van der Waals surface area contributed by atoms with Crippen molar-refractivity contribution in [2.45, 2.75) is 44.9 Å².